The van der Waals surface area contributed by atoms with Crippen LogP contribution in [0.4, 0.5) is 0 Å². The number of likely N-dealkylation sites (tertiary alicyclic amines) is 1. The molecule has 0 radical (unpaired) electrons. The van der Waals surface area contributed by atoms with Crippen molar-refractivity contribution in [1.82, 2.24) is 10.2 Å². The second-order valence-corrected chi connectivity index (χ2v) is 12.5. The Balaban J connectivity index is 0.000000170. The standard InChI is InChI=1S/C19H23NO2.C11H15NO.C8H9BrO/c1-19(22-18-10-6-3-7-11-18)12-13-20(16-19)14-15-21-17-8-4-2-5-9-17;1-11(7-8-12-9-11)13-10-5-3-2-4-6-10;9-6-7-10-8-4-2-1-3-5-8/h2-11H,12-16H2,1H3;2-6,12H,7-9H2,1H3;1-5H,6-7H2. The number of hydrogen-bond donors (Lipinski definition) is 1. The van der Waals surface area contributed by atoms with Crippen molar-refractivity contribution >= 4 is 15.9 Å². The summed E-state index contributed by atoms with van der Waals surface area (Å²) in [7, 11) is 0. The van der Waals surface area contributed by atoms with Gasteiger partial charge in [-0.25, -0.2) is 0 Å². The molecule has 2 saturated heterocycles. The third-order valence-electron chi connectivity index (χ3n) is 7.57. The molecular formula is C38H47BrN2O4. The van der Waals surface area contributed by atoms with E-state index in [9.17, 15) is 0 Å². The maximum Gasteiger partial charge on any atom is 0.120 e. The van der Waals surface area contributed by atoms with E-state index in [2.05, 4.69) is 40.0 Å². The summed E-state index contributed by atoms with van der Waals surface area (Å²) < 4.78 is 23.2. The largest absolute Gasteiger partial charge is 0.493 e. The van der Waals surface area contributed by atoms with E-state index >= 15 is 0 Å². The van der Waals surface area contributed by atoms with Crippen molar-refractivity contribution in [2.45, 2.75) is 37.9 Å². The summed E-state index contributed by atoms with van der Waals surface area (Å²) in [5.41, 5.74) is -0.116. The monoisotopic (exact) mass is 674 g/mol. The minimum atomic E-state index is -0.103. The summed E-state index contributed by atoms with van der Waals surface area (Å²) in [5, 5.41) is 4.18. The van der Waals surface area contributed by atoms with Crippen molar-refractivity contribution in [3.05, 3.63) is 121 Å². The van der Waals surface area contributed by atoms with Gasteiger partial charge < -0.3 is 24.3 Å². The van der Waals surface area contributed by atoms with Gasteiger partial charge in [0.25, 0.3) is 0 Å². The van der Waals surface area contributed by atoms with Gasteiger partial charge in [-0.05, 0) is 68.9 Å². The second kappa shape index (κ2) is 18.4. The van der Waals surface area contributed by atoms with Crippen LogP contribution in [0.1, 0.15) is 26.7 Å². The Bertz CT molecular complexity index is 1330. The van der Waals surface area contributed by atoms with E-state index in [4.69, 9.17) is 18.9 Å². The Morgan fingerprint density at radius 2 is 1.09 bits per heavy atom. The zero-order chi connectivity index (χ0) is 31.6. The van der Waals surface area contributed by atoms with Crippen LogP contribution in [0.15, 0.2) is 121 Å². The van der Waals surface area contributed by atoms with E-state index in [1.165, 1.54) is 0 Å². The second-order valence-electron chi connectivity index (χ2n) is 11.7. The number of hydrogen-bond acceptors (Lipinski definition) is 6. The molecule has 240 valence electrons. The van der Waals surface area contributed by atoms with E-state index < -0.39 is 0 Å². The highest BCUT2D eigenvalue weighted by atomic mass is 79.9. The fourth-order valence-electron chi connectivity index (χ4n) is 5.21. The van der Waals surface area contributed by atoms with Gasteiger partial charge in [0, 0.05) is 44.4 Å². The van der Waals surface area contributed by atoms with E-state index in [-0.39, 0.29) is 11.2 Å². The number of halogens is 1. The van der Waals surface area contributed by atoms with Crippen molar-refractivity contribution < 1.29 is 18.9 Å². The molecule has 0 bridgehead atoms. The molecule has 2 unspecified atom stereocenters. The Morgan fingerprint density at radius 1 is 0.622 bits per heavy atom. The molecule has 2 heterocycles. The van der Waals surface area contributed by atoms with Crippen LogP contribution in [0.3, 0.4) is 0 Å². The quantitative estimate of drug-likeness (QED) is 0.163. The number of nitrogens with one attached hydrogen (secondary N) is 1. The lowest BCUT2D eigenvalue weighted by Gasteiger charge is -2.26. The number of para-hydroxylation sites is 4. The average Bonchev–Trinajstić information content (AvgIpc) is 3.67. The highest BCUT2D eigenvalue weighted by Crippen LogP contribution is 2.27. The van der Waals surface area contributed by atoms with Crippen LogP contribution in [0.5, 0.6) is 23.0 Å². The van der Waals surface area contributed by atoms with Crippen LogP contribution >= 0.6 is 15.9 Å². The van der Waals surface area contributed by atoms with E-state index in [1.807, 2.05) is 121 Å². The predicted octanol–water partition coefficient (Wildman–Crippen LogP) is 7.89. The van der Waals surface area contributed by atoms with E-state index in [0.29, 0.717) is 6.61 Å². The lowest BCUT2D eigenvalue weighted by atomic mass is 10.1. The molecule has 6 nitrogen and oxygen atoms in total. The first-order valence-corrected chi connectivity index (χ1v) is 16.9. The van der Waals surface area contributed by atoms with Gasteiger partial charge in [-0.15, -0.1) is 0 Å². The molecule has 2 aliphatic rings. The third-order valence-corrected chi connectivity index (χ3v) is 7.89. The first-order valence-electron chi connectivity index (χ1n) is 15.8. The Hall–Kier alpha value is -3.52. The van der Waals surface area contributed by atoms with Crippen molar-refractivity contribution in [1.29, 1.82) is 0 Å². The topological polar surface area (TPSA) is 52.2 Å². The van der Waals surface area contributed by atoms with Crippen LogP contribution in [0, 0.1) is 0 Å². The third kappa shape index (κ3) is 12.8. The molecule has 2 fully saturated rings. The molecule has 4 aromatic rings. The summed E-state index contributed by atoms with van der Waals surface area (Å²) in [6, 6.07) is 39.9. The molecule has 2 aliphatic heterocycles. The highest BCUT2D eigenvalue weighted by molar-refractivity contribution is 9.09. The van der Waals surface area contributed by atoms with Crippen LogP contribution in [0.2, 0.25) is 0 Å². The molecule has 0 amide bonds. The minimum absolute atomic E-state index is 0.0125. The number of ether oxygens (including phenoxy) is 4. The molecule has 0 aromatic heterocycles. The number of nitrogens with zero attached hydrogens (tertiary/aromatic N) is 1. The molecule has 2 atom stereocenters. The van der Waals surface area contributed by atoms with Crippen molar-refractivity contribution in [3.8, 4) is 23.0 Å². The lowest BCUT2D eigenvalue weighted by molar-refractivity contribution is 0.0935. The maximum absolute atomic E-state index is 6.18. The Morgan fingerprint density at radius 3 is 1.56 bits per heavy atom. The molecule has 0 aliphatic carbocycles. The number of alkyl halides is 1. The van der Waals surface area contributed by atoms with Gasteiger partial charge in [0.05, 0.1) is 6.61 Å². The minimum Gasteiger partial charge on any atom is -0.493 e. The molecular weight excluding hydrogens is 628 g/mol. The van der Waals surface area contributed by atoms with E-state index in [1.54, 1.807) is 0 Å². The average molecular weight is 676 g/mol. The van der Waals surface area contributed by atoms with Gasteiger partial charge in [0.1, 0.15) is 40.8 Å². The lowest BCUT2D eigenvalue weighted by Crippen LogP contribution is -2.37. The molecule has 6 rings (SSSR count). The van der Waals surface area contributed by atoms with Gasteiger partial charge in [0.15, 0.2) is 0 Å². The van der Waals surface area contributed by atoms with Crippen molar-refractivity contribution in [2.75, 3.05) is 51.3 Å². The number of rotatable bonds is 11. The molecule has 7 heteroatoms. The van der Waals surface area contributed by atoms with Gasteiger partial charge in [-0.1, -0.05) is 88.7 Å². The maximum atomic E-state index is 6.18. The van der Waals surface area contributed by atoms with Crippen LogP contribution in [0.25, 0.3) is 0 Å². The zero-order valence-corrected chi connectivity index (χ0v) is 28.2. The van der Waals surface area contributed by atoms with Gasteiger partial charge in [-0.2, -0.15) is 0 Å². The van der Waals surface area contributed by atoms with Gasteiger partial charge in [0.2, 0.25) is 0 Å². The SMILES string of the molecule is BrCCOc1ccccc1.CC1(Oc2ccccc2)CCN(CCOc2ccccc2)C1.CC1(Oc2ccccc2)CCNC1. The van der Waals surface area contributed by atoms with Crippen LogP contribution in [-0.4, -0.2) is 67.4 Å². The summed E-state index contributed by atoms with van der Waals surface area (Å²) in [6.45, 7) is 10.7. The Kier molecular flexibility index (Phi) is 14.1. The fourth-order valence-corrected chi connectivity index (χ4v) is 5.37. The van der Waals surface area contributed by atoms with Crippen LogP contribution in [-0.2, 0) is 0 Å². The summed E-state index contributed by atoms with van der Waals surface area (Å²) in [5.74, 6) is 3.79. The highest BCUT2D eigenvalue weighted by Gasteiger charge is 2.35. The molecule has 0 saturated carbocycles. The fraction of sp³-hybridized carbons (Fsp3) is 0.368. The van der Waals surface area contributed by atoms with Crippen molar-refractivity contribution in [2.24, 2.45) is 0 Å². The smallest absolute Gasteiger partial charge is 0.120 e. The zero-order valence-electron chi connectivity index (χ0n) is 26.6. The van der Waals surface area contributed by atoms with Crippen LogP contribution < -0.4 is 24.3 Å². The summed E-state index contributed by atoms with van der Waals surface area (Å²) >= 11 is 3.28. The van der Waals surface area contributed by atoms with Gasteiger partial charge in [-0.3, -0.25) is 4.90 Å². The van der Waals surface area contributed by atoms with E-state index in [0.717, 1.165) is 80.5 Å². The number of benzene rings is 4. The first kappa shape index (κ1) is 34.4. The molecule has 1 N–H and O–H groups in total. The molecule has 0 spiro atoms. The summed E-state index contributed by atoms with van der Waals surface area (Å²) in [4.78, 5) is 2.41. The Labute approximate surface area is 277 Å². The normalized spacial score (nSPS) is 20.6. The molecule has 45 heavy (non-hydrogen) atoms. The summed E-state index contributed by atoms with van der Waals surface area (Å²) in [6.07, 6.45) is 2.13. The van der Waals surface area contributed by atoms with Crippen molar-refractivity contribution in [3.63, 3.8) is 0 Å². The van der Waals surface area contributed by atoms with Gasteiger partial charge >= 0.3 is 0 Å². The molecule has 4 aromatic carbocycles. The first-order chi connectivity index (χ1) is 22.0. The predicted molar refractivity (Wildman–Crippen MR) is 187 cm³/mol.